The number of piperidine rings is 1. The number of carbonyl (C=O) groups is 4. The Labute approximate surface area is 318 Å². The molecule has 0 aliphatic carbocycles. The first-order valence-corrected chi connectivity index (χ1v) is 19.1. The lowest BCUT2D eigenvalue weighted by Gasteiger charge is -2.36. The number of benzene rings is 3. The van der Waals surface area contributed by atoms with Gasteiger partial charge in [0.25, 0.3) is 17.7 Å². The summed E-state index contributed by atoms with van der Waals surface area (Å²) >= 11 is 0. The van der Waals surface area contributed by atoms with E-state index in [0.29, 0.717) is 11.3 Å². The quantitative estimate of drug-likeness (QED) is 0.256. The fraction of sp³-hybridized carbons (Fsp3) is 0.421. The van der Waals surface area contributed by atoms with Crippen molar-refractivity contribution in [2.75, 3.05) is 51.1 Å². The zero-order valence-corrected chi connectivity index (χ0v) is 32.0. The van der Waals surface area contributed by atoms with Gasteiger partial charge in [-0.3, -0.25) is 30.1 Å². The van der Waals surface area contributed by atoms with Crippen LogP contribution in [0.2, 0.25) is 0 Å². The maximum Gasteiger partial charge on any atom is 0.408 e. The predicted octanol–water partition coefficient (Wildman–Crippen LogP) is 3.94. The van der Waals surface area contributed by atoms with Crippen LogP contribution in [0.1, 0.15) is 43.1 Å². The van der Waals surface area contributed by atoms with Crippen LogP contribution in [0.5, 0.6) is 5.75 Å². The Morgan fingerprint density at radius 3 is 2.22 bits per heavy atom. The van der Waals surface area contributed by atoms with Crippen molar-refractivity contribution in [3.05, 3.63) is 77.9 Å². The van der Waals surface area contributed by atoms with Gasteiger partial charge in [0, 0.05) is 32.2 Å². The number of hydrogen-bond acceptors (Lipinski definition) is 10. The first-order valence-electron chi connectivity index (χ1n) is 17.5. The number of nitrogens with zero attached hydrogens (tertiary/aromatic N) is 2. The molecule has 3 aromatic carbocycles. The first kappa shape index (κ1) is 41.0. The number of ether oxygens (including phenoxy) is 3. The van der Waals surface area contributed by atoms with Crippen molar-refractivity contribution < 1.29 is 50.6 Å². The zero-order valence-electron chi connectivity index (χ0n) is 31.2. The number of carbonyl (C=O) groups excluding carboxylic acids is 4. The Morgan fingerprint density at radius 2 is 1.60 bits per heavy atom. The molecule has 4 amide bonds. The number of amides is 4. The van der Waals surface area contributed by atoms with Crippen molar-refractivity contribution in [2.45, 2.75) is 56.2 Å². The van der Waals surface area contributed by atoms with Gasteiger partial charge in [0.1, 0.15) is 17.4 Å². The minimum absolute atomic E-state index is 0.0218. The lowest BCUT2D eigenvalue weighted by Crippen LogP contribution is -2.54. The summed E-state index contributed by atoms with van der Waals surface area (Å²) in [6.45, 7) is 4.58. The summed E-state index contributed by atoms with van der Waals surface area (Å²) in [7, 11) is -1.25. The molecule has 2 atom stereocenters. The molecule has 0 spiro atoms. The van der Waals surface area contributed by atoms with Crippen LogP contribution in [0, 0.1) is 5.92 Å². The van der Waals surface area contributed by atoms with Crippen LogP contribution in [0.15, 0.2) is 71.6 Å². The van der Waals surface area contributed by atoms with E-state index in [0.717, 1.165) is 11.1 Å². The zero-order chi connectivity index (χ0) is 40.1. The number of halogens is 2. The molecule has 3 N–H and O–H groups in total. The normalized spacial score (nSPS) is 19.4. The highest BCUT2D eigenvalue weighted by atomic mass is 32.2. The third-order valence-electron chi connectivity index (χ3n) is 8.97. The number of alkyl carbamates (subject to hydrolysis) is 1. The van der Waals surface area contributed by atoms with Crippen LogP contribution in [-0.4, -0.2) is 101 Å². The molecule has 2 aliphatic rings. The molecule has 0 saturated carbocycles. The Balaban J connectivity index is 1.42. The Hall–Kier alpha value is -5.13. The fourth-order valence-corrected chi connectivity index (χ4v) is 7.96. The number of sulfone groups is 1. The van der Waals surface area contributed by atoms with Gasteiger partial charge in [-0.15, -0.1) is 0 Å². The molecule has 2 heterocycles. The molecule has 0 aromatic heterocycles. The maximum absolute atomic E-state index is 14.5. The monoisotopic (exact) mass is 785 g/mol. The van der Waals surface area contributed by atoms with Crippen molar-refractivity contribution in [3.63, 3.8) is 0 Å². The van der Waals surface area contributed by atoms with Crippen LogP contribution in [0.25, 0.3) is 11.1 Å². The van der Waals surface area contributed by atoms with Gasteiger partial charge < -0.3 is 24.4 Å². The molecular weight excluding hydrogens is 741 g/mol. The van der Waals surface area contributed by atoms with Crippen LogP contribution < -0.4 is 25.8 Å². The number of anilines is 1. The van der Waals surface area contributed by atoms with E-state index in [1.54, 1.807) is 40.0 Å². The Bertz CT molecular complexity index is 2010. The van der Waals surface area contributed by atoms with E-state index in [9.17, 15) is 36.4 Å². The van der Waals surface area contributed by atoms with Crippen LogP contribution in [-0.2, 0) is 35.4 Å². The molecule has 2 aliphatic heterocycles. The Morgan fingerprint density at radius 1 is 0.945 bits per heavy atom. The van der Waals surface area contributed by atoms with Gasteiger partial charge in [0.15, 0.2) is 9.84 Å². The van der Waals surface area contributed by atoms with E-state index in [2.05, 4.69) is 16.2 Å². The molecule has 5 rings (SSSR count). The van der Waals surface area contributed by atoms with E-state index < -0.39 is 75.9 Å². The lowest BCUT2D eigenvalue weighted by atomic mass is 9.94. The third-order valence-corrected chi connectivity index (χ3v) is 10.8. The van der Waals surface area contributed by atoms with E-state index in [1.807, 2.05) is 36.4 Å². The molecule has 0 radical (unpaired) electrons. The molecule has 17 heteroatoms. The van der Waals surface area contributed by atoms with Gasteiger partial charge in [-0.1, -0.05) is 36.4 Å². The number of rotatable bonds is 10. The number of nitrogens with one attached hydrogen (secondary N) is 3. The summed E-state index contributed by atoms with van der Waals surface area (Å²) in [5.74, 6) is -6.89. The number of alkyl halides is 2. The second-order valence-corrected chi connectivity index (χ2v) is 16.4. The van der Waals surface area contributed by atoms with E-state index >= 15 is 0 Å². The number of fused-ring (bicyclic) bond motifs is 1. The van der Waals surface area contributed by atoms with Crippen molar-refractivity contribution in [2.24, 2.45) is 5.92 Å². The van der Waals surface area contributed by atoms with E-state index in [4.69, 9.17) is 14.2 Å². The molecular formula is C38H45F2N5O9S. The van der Waals surface area contributed by atoms with Gasteiger partial charge in [-0.05, 0) is 67.8 Å². The van der Waals surface area contributed by atoms with Gasteiger partial charge in [-0.2, -0.15) is 0 Å². The fourth-order valence-electron chi connectivity index (χ4n) is 6.36. The van der Waals surface area contributed by atoms with Crippen LogP contribution >= 0.6 is 0 Å². The van der Waals surface area contributed by atoms with Gasteiger partial charge in [-0.25, -0.2) is 22.0 Å². The van der Waals surface area contributed by atoms with Gasteiger partial charge in [0.2, 0.25) is 5.91 Å². The SMILES string of the molecule is COCCN1CC(C(=O)NNC(=O)c2ccc3c(c2)N(Cc2ccc(-c4ccc(OC)cc4)cc2)C(=O)[C@@H](NC(=O)OC(C)(C)C)CS3(=O)=O)CC(F)(F)C1. The highest BCUT2D eigenvalue weighted by Gasteiger charge is 2.43. The minimum Gasteiger partial charge on any atom is -0.497 e. The molecule has 3 aromatic rings. The molecule has 1 fully saturated rings. The van der Waals surface area contributed by atoms with Crippen molar-refractivity contribution >= 4 is 39.3 Å². The van der Waals surface area contributed by atoms with E-state index in [-0.39, 0.29) is 42.4 Å². The maximum atomic E-state index is 14.5. The molecule has 296 valence electrons. The van der Waals surface area contributed by atoms with Crippen molar-refractivity contribution in [1.82, 2.24) is 21.1 Å². The standard InChI is InChI=1S/C38H45F2N5O9S/c1-37(2,3)54-36(49)41-30-22-55(50,51)32-15-12-27(33(46)42-43-34(47)28-19-38(39,40)23-44(21-28)16-17-52-4)18-31(32)45(35(30)48)20-24-6-8-25(9-7-24)26-10-13-29(53-5)14-11-26/h6-15,18,28,30H,16-17,19-23H2,1-5H3,(H,41,49)(H,42,46)(H,43,47)/t28?,30-/m0/s1. The molecule has 1 saturated heterocycles. The Kier molecular flexibility index (Phi) is 12.5. The number of hydrogen-bond donors (Lipinski definition) is 3. The highest BCUT2D eigenvalue weighted by Crippen LogP contribution is 2.34. The number of likely N-dealkylation sites (tertiary alicyclic amines) is 1. The topological polar surface area (TPSA) is 173 Å². The summed E-state index contributed by atoms with van der Waals surface area (Å²) < 4.78 is 72.0. The average Bonchev–Trinajstić information content (AvgIpc) is 3.19. The van der Waals surface area contributed by atoms with Crippen molar-refractivity contribution in [1.29, 1.82) is 0 Å². The summed E-state index contributed by atoms with van der Waals surface area (Å²) in [4.78, 5) is 55.6. The summed E-state index contributed by atoms with van der Waals surface area (Å²) in [5.41, 5.74) is 5.57. The average molecular weight is 786 g/mol. The smallest absolute Gasteiger partial charge is 0.408 e. The number of hydrazine groups is 1. The summed E-state index contributed by atoms with van der Waals surface area (Å²) in [5, 5.41) is 2.40. The summed E-state index contributed by atoms with van der Waals surface area (Å²) in [6, 6.07) is 16.6. The second kappa shape index (κ2) is 16.7. The molecule has 1 unspecified atom stereocenters. The van der Waals surface area contributed by atoms with E-state index in [1.165, 1.54) is 35.1 Å². The molecule has 0 bridgehead atoms. The largest absolute Gasteiger partial charge is 0.497 e. The van der Waals surface area contributed by atoms with Crippen molar-refractivity contribution in [3.8, 4) is 16.9 Å². The predicted molar refractivity (Wildman–Crippen MR) is 198 cm³/mol. The van der Waals surface area contributed by atoms with Gasteiger partial charge >= 0.3 is 6.09 Å². The van der Waals surface area contributed by atoms with Crippen LogP contribution in [0.4, 0.5) is 19.3 Å². The first-order chi connectivity index (χ1) is 25.9. The molecule has 55 heavy (non-hydrogen) atoms. The highest BCUT2D eigenvalue weighted by molar-refractivity contribution is 7.91. The van der Waals surface area contributed by atoms with Gasteiger partial charge in [0.05, 0.1) is 49.1 Å². The minimum atomic E-state index is -4.26. The third kappa shape index (κ3) is 10.6. The number of methoxy groups -OCH3 is 2. The summed E-state index contributed by atoms with van der Waals surface area (Å²) in [6.07, 6.45) is -1.71. The lowest BCUT2D eigenvalue weighted by molar-refractivity contribution is -0.138. The molecule has 14 nitrogen and oxygen atoms in total. The second-order valence-electron chi connectivity index (χ2n) is 14.4. The van der Waals surface area contributed by atoms with Crippen LogP contribution in [0.3, 0.4) is 0 Å².